The molecule has 174 valence electrons. The van der Waals surface area contributed by atoms with Crippen LogP contribution in [0.25, 0.3) is 11.0 Å². The second kappa shape index (κ2) is 9.21. The first-order chi connectivity index (χ1) is 16.5. The van der Waals surface area contributed by atoms with Gasteiger partial charge in [0.2, 0.25) is 5.91 Å². The van der Waals surface area contributed by atoms with E-state index in [-0.39, 0.29) is 11.8 Å². The molecule has 0 spiro atoms. The number of aryl methyl sites for hydroxylation is 2. The zero-order valence-electron chi connectivity index (χ0n) is 19.8. The predicted molar refractivity (Wildman–Crippen MR) is 134 cm³/mol. The molecule has 34 heavy (non-hydrogen) atoms. The van der Waals surface area contributed by atoms with Crippen LogP contribution in [0.15, 0.2) is 66.7 Å². The monoisotopic (exact) mass is 455 g/mol. The third-order valence-corrected chi connectivity index (χ3v) is 6.53. The highest BCUT2D eigenvalue weighted by Gasteiger charge is 2.34. The number of anilines is 1. The number of amides is 1. The van der Waals surface area contributed by atoms with Gasteiger partial charge in [-0.15, -0.1) is 0 Å². The zero-order valence-corrected chi connectivity index (χ0v) is 19.8. The molecule has 6 nitrogen and oxygen atoms in total. The average molecular weight is 456 g/mol. The Bertz CT molecular complexity index is 1310. The number of rotatable bonds is 7. The highest BCUT2D eigenvalue weighted by atomic mass is 16.5. The first-order valence-electron chi connectivity index (χ1n) is 11.6. The lowest BCUT2D eigenvalue weighted by atomic mass is 10.1. The van der Waals surface area contributed by atoms with Crippen molar-refractivity contribution in [3.8, 4) is 11.5 Å². The summed E-state index contributed by atoms with van der Waals surface area (Å²) < 4.78 is 13.7. The largest absolute Gasteiger partial charge is 0.497 e. The van der Waals surface area contributed by atoms with Crippen LogP contribution in [-0.4, -0.2) is 35.7 Å². The summed E-state index contributed by atoms with van der Waals surface area (Å²) in [6.07, 6.45) is 0.438. The van der Waals surface area contributed by atoms with Gasteiger partial charge in [-0.25, -0.2) is 4.98 Å². The number of fused-ring (bicyclic) bond motifs is 1. The minimum Gasteiger partial charge on any atom is -0.497 e. The second-order valence-corrected chi connectivity index (χ2v) is 8.78. The number of benzene rings is 3. The maximum atomic E-state index is 12.9. The van der Waals surface area contributed by atoms with E-state index < -0.39 is 0 Å². The van der Waals surface area contributed by atoms with Gasteiger partial charge in [0.1, 0.15) is 23.9 Å². The van der Waals surface area contributed by atoms with Gasteiger partial charge < -0.3 is 18.9 Å². The van der Waals surface area contributed by atoms with Crippen LogP contribution in [0.4, 0.5) is 5.69 Å². The quantitative estimate of drug-likeness (QED) is 0.381. The number of carbonyl (C=O) groups is 1. The smallest absolute Gasteiger partial charge is 0.227 e. The molecular weight excluding hydrogens is 426 g/mol. The molecule has 0 N–H and O–H groups in total. The summed E-state index contributed by atoms with van der Waals surface area (Å²) in [7, 11) is 1.64. The van der Waals surface area contributed by atoms with Crippen molar-refractivity contribution < 1.29 is 14.3 Å². The van der Waals surface area contributed by atoms with Gasteiger partial charge >= 0.3 is 0 Å². The standard InChI is InChI=1S/C28H29N3O3/c1-19-7-6-8-20(2)27(19)34-16-15-30-25-10-5-4-9-24(25)29-28(30)21-17-26(32)31(18-21)22-11-13-23(33-3)14-12-22/h4-14,21H,15-18H2,1-3H3/t21-/m0/s1. The van der Waals surface area contributed by atoms with E-state index in [0.717, 1.165) is 45.2 Å². The molecule has 2 heterocycles. The normalized spacial score (nSPS) is 15.8. The molecule has 1 aliphatic heterocycles. The van der Waals surface area contributed by atoms with Gasteiger partial charge in [-0.2, -0.15) is 0 Å². The Morgan fingerprint density at radius 1 is 0.971 bits per heavy atom. The Labute approximate surface area is 199 Å². The van der Waals surface area contributed by atoms with Crippen molar-refractivity contribution in [1.29, 1.82) is 0 Å². The summed E-state index contributed by atoms with van der Waals surface area (Å²) in [5.74, 6) is 2.78. The lowest BCUT2D eigenvalue weighted by molar-refractivity contribution is -0.117. The van der Waals surface area contributed by atoms with Gasteiger partial charge in [0, 0.05) is 24.6 Å². The van der Waals surface area contributed by atoms with Gasteiger partial charge in [0.15, 0.2) is 0 Å². The predicted octanol–water partition coefficient (Wildman–Crippen LogP) is 5.26. The SMILES string of the molecule is COc1ccc(N2C[C@@H](c3nc4ccccc4n3CCOc3c(C)cccc3C)CC2=O)cc1. The van der Waals surface area contributed by atoms with Gasteiger partial charge in [-0.1, -0.05) is 30.3 Å². The van der Waals surface area contributed by atoms with Crippen LogP contribution >= 0.6 is 0 Å². The van der Waals surface area contributed by atoms with Gasteiger partial charge in [0.05, 0.1) is 24.7 Å². The molecule has 0 bridgehead atoms. The number of methoxy groups -OCH3 is 1. The fourth-order valence-electron chi connectivity index (χ4n) is 4.80. The van der Waals surface area contributed by atoms with E-state index in [2.05, 4.69) is 36.6 Å². The van der Waals surface area contributed by atoms with Crippen LogP contribution in [0.2, 0.25) is 0 Å². The maximum absolute atomic E-state index is 12.9. The summed E-state index contributed by atoms with van der Waals surface area (Å²) in [6.45, 7) is 5.93. The van der Waals surface area contributed by atoms with Crippen molar-refractivity contribution in [1.82, 2.24) is 9.55 Å². The van der Waals surface area contributed by atoms with E-state index in [1.807, 2.05) is 53.4 Å². The van der Waals surface area contributed by atoms with Crippen LogP contribution in [0.5, 0.6) is 11.5 Å². The van der Waals surface area contributed by atoms with Crippen LogP contribution in [0.1, 0.15) is 29.3 Å². The number of hydrogen-bond acceptors (Lipinski definition) is 4. The number of ether oxygens (including phenoxy) is 2. The number of nitrogens with zero attached hydrogens (tertiary/aromatic N) is 3. The molecular formula is C28H29N3O3. The lowest BCUT2D eigenvalue weighted by Crippen LogP contribution is -2.24. The van der Waals surface area contributed by atoms with Crippen molar-refractivity contribution >= 4 is 22.6 Å². The minimum atomic E-state index is 0.0159. The van der Waals surface area contributed by atoms with Crippen LogP contribution in [0.3, 0.4) is 0 Å². The maximum Gasteiger partial charge on any atom is 0.227 e. The van der Waals surface area contributed by atoms with Gasteiger partial charge in [-0.3, -0.25) is 4.79 Å². The molecule has 0 unspecified atom stereocenters. The molecule has 0 radical (unpaired) electrons. The summed E-state index contributed by atoms with van der Waals surface area (Å²) in [5, 5.41) is 0. The summed E-state index contributed by atoms with van der Waals surface area (Å²) in [4.78, 5) is 19.7. The number of para-hydroxylation sites is 3. The molecule has 6 heteroatoms. The molecule has 1 aliphatic rings. The fraction of sp³-hybridized carbons (Fsp3) is 0.286. The van der Waals surface area contributed by atoms with Crippen molar-refractivity contribution in [2.75, 3.05) is 25.2 Å². The van der Waals surface area contributed by atoms with E-state index in [9.17, 15) is 4.79 Å². The molecule has 5 rings (SSSR count). The second-order valence-electron chi connectivity index (χ2n) is 8.78. The third kappa shape index (κ3) is 4.12. The molecule has 1 atom stereocenters. The summed E-state index contributed by atoms with van der Waals surface area (Å²) >= 11 is 0. The van der Waals surface area contributed by atoms with E-state index >= 15 is 0 Å². The third-order valence-electron chi connectivity index (χ3n) is 6.53. The number of aromatic nitrogens is 2. The first-order valence-corrected chi connectivity index (χ1v) is 11.6. The molecule has 0 aliphatic carbocycles. The molecule has 1 saturated heterocycles. The number of carbonyl (C=O) groups excluding carboxylic acids is 1. The van der Waals surface area contributed by atoms with E-state index in [1.54, 1.807) is 7.11 Å². The van der Waals surface area contributed by atoms with E-state index in [1.165, 1.54) is 0 Å². The molecule has 0 saturated carbocycles. The zero-order chi connectivity index (χ0) is 23.7. The lowest BCUT2D eigenvalue weighted by Gasteiger charge is -2.18. The van der Waals surface area contributed by atoms with E-state index in [4.69, 9.17) is 14.5 Å². The van der Waals surface area contributed by atoms with Gasteiger partial charge in [-0.05, 0) is 61.4 Å². The topological polar surface area (TPSA) is 56.6 Å². The average Bonchev–Trinajstić information content (AvgIpc) is 3.41. The Hall–Kier alpha value is -3.80. The highest BCUT2D eigenvalue weighted by molar-refractivity contribution is 5.96. The van der Waals surface area contributed by atoms with Crippen molar-refractivity contribution in [3.05, 3.63) is 83.7 Å². The molecule has 3 aromatic carbocycles. The Morgan fingerprint density at radius 3 is 2.44 bits per heavy atom. The summed E-state index contributed by atoms with van der Waals surface area (Å²) in [6, 6.07) is 22.0. The van der Waals surface area contributed by atoms with Crippen LogP contribution in [-0.2, 0) is 11.3 Å². The Kier molecular flexibility index (Phi) is 5.97. The Balaban J connectivity index is 1.40. The minimum absolute atomic E-state index is 0.0159. The molecule has 1 aromatic heterocycles. The van der Waals surface area contributed by atoms with Crippen molar-refractivity contribution in [2.24, 2.45) is 0 Å². The Morgan fingerprint density at radius 2 is 1.71 bits per heavy atom. The number of imidazole rings is 1. The molecule has 4 aromatic rings. The highest BCUT2D eigenvalue weighted by Crippen LogP contribution is 2.34. The van der Waals surface area contributed by atoms with E-state index in [0.29, 0.717) is 26.1 Å². The molecule has 1 fully saturated rings. The number of hydrogen-bond donors (Lipinski definition) is 0. The summed E-state index contributed by atoms with van der Waals surface area (Å²) in [5.41, 5.74) is 5.16. The first kappa shape index (κ1) is 22.0. The van der Waals surface area contributed by atoms with Gasteiger partial charge in [0.25, 0.3) is 0 Å². The van der Waals surface area contributed by atoms with Crippen LogP contribution < -0.4 is 14.4 Å². The fourth-order valence-corrected chi connectivity index (χ4v) is 4.80. The van der Waals surface area contributed by atoms with Crippen molar-refractivity contribution in [2.45, 2.75) is 32.7 Å². The van der Waals surface area contributed by atoms with Crippen LogP contribution in [0, 0.1) is 13.8 Å². The molecule has 1 amide bonds. The van der Waals surface area contributed by atoms with Crippen molar-refractivity contribution in [3.63, 3.8) is 0 Å².